The molecule has 8 amide bonds. The van der Waals surface area contributed by atoms with Crippen molar-refractivity contribution in [2.24, 2.45) is 0 Å². The van der Waals surface area contributed by atoms with Crippen molar-refractivity contribution in [1.82, 2.24) is 9.80 Å². The van der Waals surface area contributed by atoms with Gasteiger partial charge in [-0.25, -0.2) is 14.6 Å². The first-order chi connectivity index (χ1) is 37.1. The maximum atomic E-state index is 15.7. The molecule has 4 aliphatic rings. The minimum absolute atomic E-state index is 0.0590. The third kappa shape index (κ3) is 9.46. The molecule has 416 valence electrons. The van der Waals surface area contributed by atoms with Crippen molar-refractivity contribution in [3.63, 3.8) is 0 Å². The number of amides is 8. The van der Waals surface area contributed by atoms with Crippen LogP contribution in [0, 0.1) is 6.92 Å². The molecule has 0 fully saturated rings. The minimum atomic E-state index is -5.14. The molecule has 0 spiro atoms. The molecule has 1 atom stereocenters. The predicted octanol–water partition coefficient (Wildman–Crippen LogP) is 11.1. The zero-order chi connectivity index (χ0) is 58.7. The Hall–Kier alpha value is -7.90. The van der Waals surface area contributed by atoms with Gasteiger partial charge in [0.05, 0.1) is 66.9 Å². The molecule has 1 unspecified atom stereocenters. The fourth-order valence-electron chi connectivity index (χ4n) is 10.9. The Balaban J connectivity index is 0.902. The molecule has 9 rings (SSSR count). The second kappa shape index (κ2) is 19.4. The Morgan fingerprint density at radius 2 is 0.825 bits per heavy atom. The number of hydrogen-bond donors (Lipinski definition) is 1. The van der Waals surface area contributed by atoms with Crippen molar-refractivity contribution in [2.45, 2.75) is 102 Å². The summed E-state index contributed by atoms with van der Waals surface area (Å²) in [4.78, 5) is 125. The molecule has 0 bridgehead atoms. The number of carboxylic acids is 1. The summed E-state index contributed by atoms with van der Waals surface area (Å²) in [6, 6.07) is 17.9. The Morgan fingerprint density at radius 3 is 1.24 bits per heavy atom. The van der Waals surface area contributed by atoms with E-state index in [1.54, 1.807) is 18.2 Å². The van der Waals surface area contributed by atoms with Crippen LogP contribution in [0.3, 0.4) is 0 Å². The lowest BCUT2D eigenvalue weighted by atomic mass is 9.74. The van der Waals surface area contributed by atoms with Crippen molar-refractivity contribution in [3.8, 4) is 0 Å². The molecule has 0 aliphatic carbocycles. The number of carbonyl (C=O) groups excluding carboxylic acids is 8. The first-order valence-corrected chi connectivity index (χ1v) is 31.6. The van der Waals surface area contributed by atoms with Gasteiger partial charge in [0, 0.05) is 13.1 Å². The summed E-state index contributed by atoms with van der Waals surface area (Å²) < 4.78 is 95.6. The average molecular weight is 1140 g/mol. The highest BCUT2D eigenvalue weighted by atomic mass is 28.4. The van der Waals surface area contributed by atoms with E-state index in [0.29, 0.717) is 45.9 Å². The van der Waals surface area contributed by atoms with E-state index in [4.69, 9.17) is 4.12 Å². The largest absolute Gasteiger partial charge is 0.478 e. The monoisotopic (exact) mass is 1140 g/mol. The van der Waals surface area contributed by atoms with Gasteiger partial charge in [0.1, 0.15) is 5.41 Å². The summed E-state index contributed by atoms with van der Waals surface area (Å²) in [6.45, 7) is 12.6. The Bertz CT molecular complexity index is 3610. The van der Waals surface area contributed by atoms with Gasteiger partial charge in [-0.1, -0.05) is 29.8 Å². The van der Waals surface area contributed by atoms with Crippen molar-refractivity contribution < 1.29 is 78.7 Å². The molecule has 5 aromatic carbocycles. The smallest absolute Gasteiger partial charge is 0.402 e. The van der Waals surface area contributed by atoms with Gasteiger partial charge in [0.25, 0.3) is 47.3 Å². The number of carboxylic acid groups (broad SMARTS) is 1. The topological polar surface area (TPSA) is 196 Å². The zero-order valence-electron chi connectivity index (χ0n) is 44.5. The standard InChI is InChI=1S/C57H52F6N4O11Si2/c1-30-11-15-37-41(23-30)47(70)64(45(37)68)19-9-21-79(5,6)78-80(7,8)22-10-20-65-46(69)38-17-13-33(27-42(38)48(65)71)55(4,57(61,62)63)34-14-18-40-44(28-34)52(75)67(50(40)73)36-25-31(53(76)77)24-35(29-36)66-49(72)39-16-12-32(26-43(39)51(66)74)54(2,3)56(58,59)60/h11-18,23-29H,9-10,19-22H2,1-8H3,(H,76,77). The highest BCUT2D eigenvalue weighted by Gasteiger charge is 2.55. The number of fused-ring (bicyclic) bond motifs is 4. The Kier molecular flexibility index (Phi) is 13.8. The molecule has 15 nitrogen and oxygen atoms in total. The number of halogens is 6. The number of alkyl halides is 6. The van der Waals surface area contributed by atoms with Gasteiger partial charge in [-0.05, 0) is 162 Å². The van der Waals surface area contributed by atoms with Gasteiger partial charge in [0.2, 0.25) is 0 Å². The molecular weight excluding hydrogens is 1090 g/mol. The summed E-state index contributed by atoms with van der Waals surface area (Å²) in [7, 11) is -4.83. The molecule has 23 heteroatoms. The number of aromatic carboxylic acids is 1. The molecule has 80 heavy (non-hydrogen) atoms. The van der Waals surface area contributed by atoms with E-state index in [1.165, 1.54) is 4.90 Å². The van der Waals surface area contributed by atoms with E-state index < -0.39 is 126 Å². The lowest BCUT2D eigenvalue weighted by Crippen LogP contribution is -2.45. The highest BCUT2D eigenvalue weighted by Crippen LogP contribution is 2.49. The van der Waals surface area contributed by atoms with E-state index in [0.717, 1.165) is 104 Å². The van der Waals surface area contributed by atoms with E-state index in [-0.39, 0.29) is 47.2 Å². The molecule has 4 aliphatic heterocycles. The van der Waals surface area contributed by atoms with Gasteiger partial charge < -0.3 is 9.22 Å². The van der Waals surface area contributed by atoms with Crippen LogP contribution in [0.2, 0.25) is 38.3 Å². The van der Waals surface area contributed by atoms with Crippen LogP contribution in [0.4, 0.5) is 37.7 Å². The van der Waals surface area contributed by atoms with Crippen LogP contribution in [0.5, 0.6) is 0 Å². The number of hydrogen-bond acceptors (Lipinski definition) is 10. The molecule has 0 saturated carbocycles. The number of aryl methyl sites for hydroxylation is 1. The molecule has 0 saturated heterocycles. The van der Waals surface area contributed by atoms with Crippen LogP contribution in [0.25, 0.3) is 0 Å². The highest BCUT2D eigenvalue weighted by molar-refractivity contribution is 6.84. The maximum Gasteiger partial charge on any atom is 0.402 e. The van der Waals surface area contributed by atoms with E-state index in [9.17, 15) is 61.4 Å². The first-order valence-electron chi connectivity index (χ1n) is 25.4. The number of carbonyl (C=O) groups is 9. The average Bonchev–Trinajstić information content (AvgIpc) is 4.19. The van der Waals surface area contributed by atoms with Crippen molar-refractivity contribution >= 4 is 81.2 Å². The van der Waals surface area contributed by atoms with Crippen LogP contribution in [-0.2, 0) is 14.9 Å². The number of benzene rings is 5. The van der Waals surface area contributed by atoms with Gasteiger partial charge >= 0.3 is 18.3 Å². The van der Waals surface area contributed by atoms with Gasteiger partial charge in [0.15, 0.2) is 16.6 Å². The minimum Gasteiger partial charge on any atom is -0.478 e. The summed E-state index contributed by atoms with van der Waals surface area (Å²) in [6.07, 6.45) is -9.05. The van der Waals surface area contributed by atoms with Crippen LogP contribution >= 0.6 is 0 Å². The van der Waals surface area contributed by atoms with Crippen LogP contribution in [-0.4, -0.2) is 110 Å². The van der Waals surface area contributed by atoms with Gasteiger partial charge in [-0.15, -0.1) is 0 Å². The van der Waals surface area contributed by atoms with Crippen molar-refractivity contribution in [2.75, 3.05) is 22.9 Å². The first kappa shape index (κ1) is 56.8. The summed E-state index contributed by atoms with van der Waals surface area (Å²) in [5.74, 6) is -8.36. The molecular formula is C57H52F6N4O11Si2. The number of anilines is 2. The Labute approximate surface area is 456 Å². The van der Waals surface area contributed by atoms with Gasteiger partial charge in [-0.2, -0.15) is 26.3 Å². The van der Waals surface area contributed by atoms with Crippen molar-refractivity contribution in [3.05, 3.63) is 163 Å². The second-order valence-electron chi connectivity index (χ2n) is 22.4. The number of rotatable bonds is 16. The molecule has 0 aromatic heterocycles. The van der Waals surface area contributed by atoms with Crippen LogP contribution in [0.15, 0.2) is 91.0 Å². The van der Waals surface area contributed by atoms with Gasteiger partial charge in [-0.3, -0.25) is 48.2 Å². The van der Waals surface area contributed by atoms with Crippen molar-refractivity contribution in [1.29, 1.82) is 0 Å². The fraction of sp³-hybridized carbons (Fsp3) is 0.316. The Morgan fingerprint density at radius 1 is 0.475 bits per heavy atom. The lowest BCUT2D eigenvalue weighted by molar-refractivity contribution is -0.180. The van der Waals surface area contributed by atoms with Crippen LogP contribution in [0.1, 0.15) is 149 Å². The molecule has 5 aromatic rings. The fourth-order valence-corrected chi connectivity index (χ4v) is 19.7. The lowest BCUT2D eigenvalue weighted by Gasteiger charge is -2.34. The van der Waals surface area contributed by atoms with Crippen LogP contribution < -0.4 is 9.80 Å². The summed E-state index contributed by atoms with van der Waals surface area (Å²) in [5.41, 5.74) is -8.94. The molecule has 0 radical (unpaired) electrons. The second-order valence-corrected chi connectivity index (χ2v) is 31.2. The predicted molar refractivity (Wildman–Crippen MR) is 283 cm³/mol. The van der Waals surface area contributed by atoms with E-state index in [2.05, 4.69) is 0 Å². The third-order valence-electron chi connectivity index (χ3n) is 15.6. The quantitative estimate of drug-likeness (QED) is 0.0561. The number of nitrogens with zero attached hydrogens (tertiary/aromatic N) is 4. The SMILES string of the molecule is Cc1ccc2c(c1)C(=O)N(CCC[Si](C)(C)O[Si](C)(C)CCCN1C(=O)c3ccc(C(C)(c4ccc5c(c4)C(=O)N(c4cc(C(=O)O)cc(N6C(=O)c7ccc(C(C)(C)C(F)(F)F)cc7C6=O)c4)C5=O)C(F)(F)F)cc3C1=O)C2=O. The summed E-state index contributed by atoms with van der Waals surface area (Å²) >= 11 is 0. The van der Waals surface area contributed by atoms with E-state index in [1.807, 2.05) is 33.1 Å². The molecule has 4 heterocycles. The zero-order valence-corrected chi connectivity index (χ0v) is 46.5. The van der Waals surface area contributed by atoms with E-state index >= 15 is 13.2 Å². The normalized spacial score (nSPS) is 16.5. The number of imide groups is 4. The third-order valence-corrected chi connectivity index (χ3v) is 23.1. The summed E-state index contributed by atoms with van der Waals surface area (Å²) in [5, 5.41) is 10.1. The molecule has 1 N–H and O–H groups in total. The maximum absolute atomic E-state index is 15.7.